The van der Waals surface area contributed by atoms with Gasteiger partial charge in [-0.25, -0.2) is 19.9 Å². The van der Waals surface area contributed by atoms with Gasteiger partial charge in [0.1, 0.15) is 47.9 Å². The van der Waals surface area contributed by atoms with Crippen molar-refractivity contribution in [3.05, 3.63) is 47.3 Å². The summed E-state index contributed by atoms with van der Waals surface area (Å²) in [7, 11) is 0. The molecule has 5 aliphatic rings. The molecule has 38 heavy (non-hydrogen) atoms. The second-order valence-electron chi connectivity index (χ2n) is 10.8. The Labute approximate surface area is 220 Å². The maximum absolute atomic E-state index is 6.75. The van der Waals surface area contributed by atoms with E-state index in [2.05, 4.69) is 42.7 Å². The number of aromatic nitrogens is 4. The third kappa shape index (κ3) is 3.90. The summed E-state index contributed by atoms with van der Waals surface area (Å²) in [4.78, 5) is 18.1. The fraction of sp³-hybridized carbons (Fsp3) is 0.615. The van der Waals surface area contributed by atoms with Gasteiger partial charge in [0.05, 0.1) is 47.9 Å². The first-order chi connectivity index (χ1) is 18.5. The minimum atomic E-state index is -0.779. The van der Waals surface area contributed by atoms with Crippen LogP contribution in [0.25, 0.3) is 0 Å². The largest absolute Gasteiger partial charge is 0.369 e. The Hall–Kier alpha value is -2.74. The van der Waals surface area contributed by atoms with Crippen molar-refractivity contribution in [3.8, 4) is 0 Å². The Morgan fingerprint density at radius 3 is 2.61 bits per heavy atom. The smallest absolute Gasteiger partial charge is 0.147 e. The van der Waals surface area contributed by atoms with Gasteiger partial charge in [-0.1, -0.05) is 12.2 Å². The molecule has 6 N–H and O–H groups in total. The zero-order valence-corrected chi connectivity index (χ0v) is 21.4. The molecule has 2 fully saturated rings. The van der Waals surface area contributed by atoms with E-state index in [-0.39, 0.29) is 24.4 Å². The standard InChI is InChI=1S/C26H34N8O4/c1-25-19-21(25)31-12-33-23(19)29-7-3-2-4-8-30-24-20-22(32-13-34-24)26(20,36-10-14-5-6-17(27)37-14)15-9-18(28)38-16(15)11-35-25/h2,4,12-18H,3,5-11,27-28H2,1H3,(H,29,31,33)(H,30,32,34)/b4-2+/t14-,15?,16+,17+,18+,25?,26?/m0/s1. The van der Waals surface area contributed by atoms with E-state index in [0.717, 1.165) is 60.0 Å². The Morgan fingerprint density at radius 1 is 0.974 bits per heavy atom. The first kappa shape index (κ1) is 24.3. The van der Waals surface area contributed by atoms with Gasteiger partial charge in [0.15, 0.2) is 0 Å². The van der Waals surface area contributed by atoms with E-state index in [1.165, 1.54) is 0 Å². The molecule has 0 aromatic carbocycles. The SMILES string of the molecule is CC12OC[C@H]3O[C@@H](N)CC3C3(OC[C@@H]4CC[C@H](N)O4)c4ncnc(c43)NC/C=C/CCNc3ncnc1c32. The molecule has 0 spiro atoms. The van der Waals surface area contributed by atoms with Crippen LogP contribution < -0.4 is 22.1 Å². The zero-order valence-electron chi connectivity index (χ0n) is 21.4. The molecule has 12 nitrogen and oxygen atoms in total. The maximum Gasteiger partial charge on any atom is 0.147 e. The Bertz CT molecular complexity index is 1260. The van der Waals surface area contributed by atoms with Crippen LogP contribution in [0.2, 0.25) is 0 Å². The monoisotopic (exact) mass is 522 g/mol. The lowest BCUT2D eigenvalue weighted by Crippen LogP contribution is -2.38. The third-order valence-electron chi connectivity index (χ3n) is 8.36. The topological polar surface area (TPSA) is 165 Å². The van der Waals surface area contributed by atoms with Gasteiger partial charge in [-0.3, -0.25) is 0 Å². The molecular weight excluding hydrogens is 488 g/mol. The average molecular weight is 523 g/mol. The van der Waals surface area contributed by atoms with E-state index in [9.17, 15) is 0 Å². The maximum atomic E-state index is 6.75. The lowest BCUT2D eigenvalue weighted by molar-refractivity contribution is -0.114. The van der Waals surface area contributed by atoms with E-state index in [1.54, 1.807) is 12.7 Å². The van der Waals surface area contributed by atoms with Crippen LogP contribution in [0.3, 0.4) is 0 Å². The molecule has 2 aromatic rings. The van der Waals surface area contributed by atoms with Crippen LogP contribution in [0.5, 0.6) is 0 Å². The molecule has 7 rings (SSSR count). The van der Waals surface area contributed by atoms with Gasteiger partial charge in [0.2, 0.25) is 0 Å². The minimum Gasteiger partial charge on any atom is -0.369 e. The van der Waals surface area contributed by atoms with Gasteiger partial charge in [-0.05, 0) is 32.6 Å². The van der Waals surface area contributed by atoms with E-state index in [0.29, 0.717) is 26.2 Å². The van der Waals surface area contributed by atoms with E-state index >= 15 is 0 Å². The molecule has 5 heterocycles. The van der Waals surface area contributed by atoms with Gasteiger partial charge in [0, 0.05) is 19.0 Å². The Balaban J connectivity index is 1.21. The molecular formula is C26H34N8O4. The van der Waals surface area contributed by atoms with E-state index in [4.69, 9.17) is 30.4 Å². The Kier molecular flexibility index (Phi) is 5.87. The summed E-state index contributed by atoms with van der Waals surface area (Å²) < 4.78 is 25.4. The average Bonchev–Trinajstić information content (AvgIpc) is 3.57. The highest BCUT2D eigenvalue weighted by Crippen LogP contribution is 2.61. The molecule has 7 atom stereocenters. The van der Waals surface area contributed by atoms with Crippen LogP contribution in [0, 0.1) is 5.92 Å². The fourth-order valence-electron chi connectivity index (χ4n) is 6.34. The molecule has 202 valence electrons. The quantitative estimate of drug-likeness (QED) is 0.425. The van der Waals surface area contributed by atoms with E-state index in [1.807, 2.05) is 6.92 Å². The highest BCUT2D eigenvalue weighted by atomic mass is 16.6. The highest BCUT2D eigenvalue weighted by molar-refractivity contribution is 5.67. The van der Waals surface area contributed by atoms with Crippen LogP contribution in [0.4, 0.5) is 11.6 Å². The van der Waals surface area contributed by atoms with Crippen molar-refractivity contribution in [1.82, 2.24) is 19.9 Å². The molecule has 3 unspecified atom stereocenters. The summed E-state index contributed by atoms with van der Waals surface area (Å²) in [6.07, 6.45) is 9.47. The van der Waals surface area contributed by atoms with Crippen LogP contribution in [-0.4, -0.2) is 70.9 Å². The number of hydrogen-bond donors (Lipinski definition) is 4. The summed E-state index contributed by atoms with van der Waals surface area (Å²) in [5.74, 6) is 1.47. The van der Waals surface area contributed by atoms with Crippen molar-refractivity contribution in [1.29, 1.82) is 0 Å². The van der Waals surface area contributed by atoms with Crippen LogP contribution >= 0.6 is 0 Å². The van der Waals surface area contributed by atoms with Crippen LogP contribution in [0.1, 0.15) is 55.1 Å². The first-order valence-electron chi connectivity index (χ1n) is 13.5. The summed E-state index contributed by atoms with van der Waals surface area (Å²) in [6, 6.07) is 0. The minimum absolute atomic E-state index is 0.0670. The predicted octanol–water partition coefficient (Wildman–Crippen LogP) is 1.07. The molecule has 0 saturated carbocycles. The normalized spacial score (nSPS) is 38.1. The predicted molar refractivity (Wildman–Crippen MR) is 137 cm³/mol. The number of nitrogens with zero attached hydrogens (tertiary/aromatic N) is 4. The first-order valence-corrected chi connectivity index (χ1v) is 13.5. The van der Waals surface area contributed by atoms with Crippen molar-refractivity contribution in [2.75, 3.05) is 36.9 Å². The summed E-state index contributed by atoms with van der Waals surface area (Å²) in [6.45, 7) is 4.14. The molecule has 0 amide bonds. The number of nitrogens with one attached hydrogen (secondary N) is 2. The van der Waals surface area contributed by atoms with Crippen molar-refractivity contribution < 1.29 is 18.9 Å². The summed E-state index contributed by atoms with van der Waals surface area (Å²) in [5.41, 5.74) is 14.7. The van der Waals surface area contributed by atoms with Gasteiger partial charge in [-0.2, -0.15) is 0 Å². The van der Waals surface area contributed by atoms with Gasteiger partial charge >= 0.3 is 0 Å². The number of hydrogen-bond acceptors (Lipinski definition) is 12. The number of rotatable bonds is 3. The van der Waals surface area contributed by atoms with Crippen molar-refractivity contribution in [2.45, 2.75) is 68.5 Å². The summed E-state index contributed by atoms with van der Waals surface area (Å²) in [5, 5.41) is 6.88. The Morgan fingerprint density at radius 2 is 1.79 bits per heavy atom. The molecule has 3 aliphatic heterocycles. The van der Waals surface area contributed by atoms with Gasteiger partial charge in [-0.15, -0.1) is 0 Å². The van der Waals surface area contributed by atoms with Gasteiger partial charge < -0.3 is 41.0 Å². The second kappa shape index (κ2) is 9.18. The molecule has 2 saturated heterocycles. The number of nitrogens with two attached hydrogens (primary N) is 2. The third-order valence-corrected chi connectivity index (χ3v) is 8.36. The number of anilines is 2. The summed E-state index contributed by atoms with van der Waals surface area (Å²) >= 11 is 0. The molecule has 0 bridgehead atoms. The van der Waals surface area contributed by atoms with Crippen LogP contribution in [-0.2, 0) is 30.1 Å². The zero-order chi connectivity index (χ0) is 25.9. The van der Waals surface area contributed by atoms with E-state index < -0.39 is 17.4 Å². The highest BCUT2D eigenvalue weighted by Gasteiger charge is 2.66. The fourth-order valence-corrected chi connectivity index (χ4v) is 6.34. The number of fused-ring (bicyclic) bond motifs is 4. The number of ether oxygens (including phenoxy) is 4. The molecule has 12 heteroatoms. The van der Waals surface area contributed by atoms with Crippen molar-refractivity contribution in [3.63, 3.8) is 0 Å². The van der Waals surface area contributed by atoms with Crippen LogP contribution in [0.15, 0.2) is 24.8 Å². The molecule has 2 aromatic heterocycles. The van der Waals surface area contributed by atoms with Crippen molar-refractivity contribution in [2.24, 2.45) is 17.4 Å². The lowest BCUT2D eigenvalue weighted by Gasteiger charge is -2.29. The lowest BCUT2D eigenvalue weighted by atomic mass is 9.89. The molecule has 0 radical (unpaired) electrons. The second-order valence-corrected chi connectivity index (χ2v) is 10.8. The van der Waals surface area contributed by atoms with Gasteiger partial charge in [0.25, 0.3) is 0 Å². The molecule has 2 aliphatic carbocycles. The van der Waals surface area contributed by atoms with Crippen molar-refractivity contribution >= 4 is 11.6 Å².